The molecular formula is C23H18Cl2O4. The van der Waals surface area contributed by atoms with E-state index in [0.717, 1.165) is 16.9 Å². The summed E-state index contributed by atoms with van der Waals surface area (Å²) in [5, 5.41) is 0.645. The molecule has 148 valence electrons. The summed E-state index contributed by atoms with van der Waals surface area (Å²) in [6.45, 7) is 1.98. The van der Waals surface area contributed by atoms with E-state index in [2.05, 4.69) is 0 Å². The van der Waals surface area contributed by atoms with Crippen LogP contribution in [-0.4, -0.2) is 18.4 Å². The first kappa shape index (κ1) is 20.9. The van der Waals surface area contributed by atoms with Crippen LogP contribution in [-0.2, 0) is 11.3 Å². The standard InChI is InChI=1S/C23H18Cl2O4/c1-15-3-2-4-19(11-15)28-13-16-5-7-17(8-6-16)23(27)29-14-22(26)20-10-9-18(24)12-21(20)25/h2-12H,13-14H2,1H3. The van der Waals surface area contributed by atoms with E-state index < -0.39 is 18.4 Å². The van der Waals surface area contributed by atoms with Gasteiger partial charge in [-0.2, -0.15) is 0 Å². The fraction of sp³-hybridized carbons (Fsp3) is 0.130. The molecule has 3 aromatic carbocycles. The number of benzene rings is 3. The molecule has 6 heteroatoms. The van der Waals surface area contributed by atoms with Crippen molar-refractivity contribution in [2.45, 2.75) is 13.5 Å². The van der Waals surface area contributed by atoms with Crippen LogP contribution in [0.1, 0.15) is 31.8 Å². The monoisotopic (exact) mass is 428 g/mol. The van der Waals surface area contributed by atoms with E-state index in [9.17, 15) is 9.59 Å². The maximum Gasteiger partial charge on any atom is 0.338 e. The van der Waals surface area contributed by atoms with Crippen molar-refractivity contribution in [3.8, 4) is 5.75 Å². The second kappa shape index (κ2) is 9.59. The first-order valence-corrected chi connectivity index (χ1v) is 9.62. The smallest absolute Gasteiger partial charge is 0.338 e. The van der Waals surface area contributed by atoms with E-state index in [1.165, 1.54) is 12.1 Å². The van der Waals surface area contributed by atoms with Gasteiger partial charge in [-0.3, -0.25) is 4.79 Å². The van der Waals surface area contributed by atoms with Crippen molar-refractivity contribution in [3.63, 3.8) is 0 Å². The fourth-order valence-electron chi connectivity index (χ4n) is 2.62. The van der Waals surface area contributed by atoms with Gasteiger partial charge in [0.25, 0.3) is 0 Å². The molecule has 0 fully saturated rings. The number of ether oxygens (including phenoxy) is 2. The van der Waals surface area contributed by atoms with Crippen molar-refractivity contribution in [1.82, 2.24) is 0 Å². The quantitative estimate of drug-likeness (QED) is 0.346. The lowest BCUT2D eigenvalue weighted by Crippen LogP contribution is -2.14. The van der Waals surface area contributed by atoms with E-state index in [4.69, 9.17) is 32.7 Å². The fourth-order valence-corrected chi connectivity index (χ4v) is 3.13. The first-order valence-electron chi connectivity index (χ1n) is 8.86. The van der Waals surface area contributed by atoms with Gasteiger partial charge in [-0.25, -0.2) is 4.79 Å². The van der Waals surface area contributed by atoms with E-state index >= 15 is 0 Å². The molecule has 0 radical (unpaired) electrons. The van der Waals surface area contributed by atoms with Gasteiger partial charge in [-0.15, -0.1) is 0 Å². The highest BCUT2D eigenvalue weighted by Crippen LogP contribution is 2.21. The van der Waals surface area contributed by atoms with Crippen molar-refractivity contribution >= 4 is 35.0 Å². The van der Waals surface area contributed by atoms with Gasteiger partial charge in [0.2, 0.25) is 5.78 Å². The van der Waals surface area contributed by atoms with Crippen LogP contribution in [0.15, 0.2) is 66.7 Å². The second-order valence-corrected chi connectivity index (χ2v) is 7.27. The van der Waals surface area contributed by atoms with Crippen LogP contribution in [0.25, 0.3) is 0 Å². The Labute approximate surface area is 179 Å². The first-order chi connectivity index (χ1) is 13.9. The molecule has 0 bridgehead atoms. The summed E-state index contributed by atoms with van der Waals surface area (Å²) in [4.78, 5) is 24.4. The van der Waals surface area contributed by atoms with Crippen LogP contribution in [0.4, 0.5) is 0 Å². The number of carbonyl (C=O) groups is 2. The maximum atomic E-state index is 12.2. The Kier molecular flexibility index (Phi) is 6.91. The number of ketones is 1. The van der Waals surface area contributed by atoms with Crippen LogP contribution >= 0.6 is 23.2 Å². The predicted molar refractivity (Wildman–Crippen MR) is 113 cm³/mol. The van der Waals surface area contributed by atoms with Gasteiger partial charge in [0.1, 0.15) is 12.4 Å². The summed E-state index contributed by atoms with van der Waals surface area (Å²) >= 11 is 11.8. The topological polar surface area (TPSA) is 52.6 Å². The Bertz CT molecular complexity index is 1030. The molecule has 3 rings (SSSR count). The van der Waals surface area contributed by atoms with Crippen molar-refractivity contribution in [2.24, 2.45) is 0 Å². The molecule has 0 saturated carbocycles. The molecule has 0 N–H and O–H groups in total. The molecule has 0 aliphatic heterocycles. The second-order valence-electron chi connectivity index (χ2n) is 6.43. The van der Waals surface area contributed by atoms with E-state index in [-0.39, 0.29) is 10.6 Å². The maximum absolute atomic E-state index is 12.2. The minimum absolute atomic E-state index is 0.219. The minimum atomic E-state index is -0.588. The van der Waals surface area contributed by atoms with E-state index in [0.29, 0.717) is 17.2 Å². The normalized spacial score (nSPS) is 10.4. The molecular weight excluding hydrogens is 411 g/mol. The van der Waals surface area contributed by atoms with Gasteiger partial charge in [0.05, 0.1) is 10.6 Å². The SMILES string of the molecule is Cc1cccc(OCc2ccc(C(=O)OCC(=O)c3ccc(Cl)cc3Cl)cc2)c1. The molecule has 0 saturated heterocycles. The van der Waals surface area contributed by atoms with Crippen LogP contribution in [0.2, 0.25) is 10.0 Å². The van der Waals surface area contributed by atoms with Crippen molar-refractivity contribution in [3.05, 3.63) is 99.0 Å². The summed E-state index contributed by atoms with van der Waals surface area (Å²) in [5.74, 6) is -0.203. The third-order valence-electron chi connectivity index (χ3n) is 4.15. The lowest BCUT2D eigenvalue weighted by molar-refractivity contribution is 0.0474. The molecule has 0 aliphatic rings. The minimum Gasteiger partial charge on any atom is -0.489 e. The number of carbonyl (C=O) groups excluding carboxylic acids is 2. The highest BCUT2D eigenvalue weighted by Gasteiger charge is 2.14. The number of halogens is 2. The molecule has 29 heavy (non-hydrogen) atoms. The number of rotatable bonds is 7. The van der Waals surface area contributed by atoms with Crippen molar-refractivity contribution in [2.75, 3.05) is 6.61 Å². The number of Topliss-reactive ketones (excluding diaryl/α,β-unsaturated/α-hetero) is 1. The van der Waals surface area contributed by atoms with Crippen LogP contribution in [0, 0.1) is 6.92 Å². The zero-order chi connectivity index (χ0) is 20.8. The third kappa shape index (κ3) is 5.83. The largest absolute Gasteiger partial charge is 0.489 e. The summed E-state index contributed by atoms with van der Waals surface area (Å²) in [6, 6.07) is 19.1. The van der Waals surface area contributed by atoms with Crippen LogP contribution in [0.3, 0.4) is 0 Å². The highest BCUT2D eigenvalue weighted by molar-refractivity contribution is 6.36. The Balaban J connectivity index is 1.54. The summed E-state index contributed by atoms with van der Waals surface area (Å²) in [5.41, 5.74) is 2.63. The van der Waals surface area contributed by atoms with Gasteiger partial charge < -0.3 is 9.47 Å². The zero-order valence-corrected chi connectivity index (χ0v) is 17.2. The van der Waals surface area contributed by atoms with E-state index in [1.54, 1.807) is 30.3 Å². The number of esters is 1. The summed E-state index contributed by atoms with van der Waals surface area (Å²) in [7, 11) is 0. The molecule has 0 heterocycles. The average molecular weight is 429 g/mol. The van der Waals surface area contributed by atoms with Gasteiger partial charge >= 0.3 is 5.97 Å². The Hall–Kier alpha value is -2.82. The number of hydrogen-bond acceptors (Lipinski definition) is 4. The lowest BCUT2D eigenvalue weighted by Gasteiger charge is -2.08. The Morgan fingerprint density at radius 3 is 2.38 bits per heavy atom. The molecule has 0 spiro atoms. The highest BCUT2D eigenvalue weighted by atomic mass is 35.5. The average Bonchev–Trinajstić information content (AvgIpc) is 2.70. The molecule has 0 atom stereocenters. The van der Waals surface area contributed by atoms with Gasteiger partial charge in [-0.1, -0.05) is 47.5 Å². The molecule has 3 aromatic rings. The van der Waals surface area contributed by atoms with Gasteiger partial charge in [0, 0.05) is 10.6 Å². The van der Waals surface area contributed by atoms with Crippen molar-refractivity contribution < 1.29 is 19.1 Å². The Morgan fingerprint density at radius 1 is 0.931 bits per heavy atom. The molecule has 0 amide bonds. The Morgan fingerprint density at radius 2 is 1.69 bits per heavy atom. The van der Waals surface area contributed by atoms with Gasteiger partial charge in [-0.05, 0) is 60.5 Å². The third-order valence-corrected chi connectivity index (χ3v) is 4.70. The van der Waals surface area contributed by atoms with Crippen molar-refractivity contribution in [1.29, 1.82) is 0 Å². The molecule has 0 aliphatic carbocycles. The van der Waals surface area contributed by atoms with Crippen LogP contribution in [0.5, 0.6) is 5.75 Å². The predicted octanol–water partition coefficient (Wildman–Crippen LogP) is 5.92. The number of hydrogen-bond donors (Lipinski definition) is 0. The molecule has 0 aromatic heterocycles. The summed E-state index contributed by atoms with van der Waals surface area (Å²) < 4.78 is 10.8. The van der Waals surface area contributed by atoms with Crippen LogP contribution < -0.4 is 4.74 Å². The number of aryl methyl sites for hydroxylation is 1. The van der Waals surface area contributed by atoms with Gasteiger partial charge in [0.15, 0.2) is 6.61 Å². The zero-order valence-electron chi connectivity index (χ0n) is 15.7. The lowest BCUT2D eigenvalue weighted by atomic mass is 10.1. The molecule has 0 unspecified atom stereocenters. The molecule has 4 nitrogen and oxygen atoms in total. The van der Waals surface area contributed by atoms with E-state index in [1.807, 2.05) is 31.2 Å². The summed E-state index contributed by atoms with van der Waals surface area (Å²) in [6.07, 6.45) is 0.